The lowest BCUT2D eigenvalue weighted by molar-refractivity contribution is 0.265. The Morgan fingerprint density at radius 2 is 2.21 bits per heavy atom. The summed E-state index contributed by atoms with van der Waals surface area (Å²) in [4.78, 5) is 0. The Kier molecular flexibility index (Phi) is 2.56. The third-order valence-corrected chi connectivity index (χ3v) is 2.80. The van der Waals surface area contributed by atoms with Crippen molar-refractivity contribution in [2.45, 2.75) is 24.8 Å². The van der Waals surface area contributed by atoms with Gasteiger partial charge in [0.25, 0.3) is 0 Å². The summed E-state index contributed by atoms with van der Waals surface area (Å²) in [6, 6.07) is 3.51. The standard InChI is InChI=1S/C9H13ClN4/c10-7-2-3-8(14-13-7)12-6-9(11)4-1-5-9/h2-3H,1,4-6,11H2,(H,12,14). The molecule has 0 atom stereocenters. The van der Waals surface area contributed by atoms with Crippen LogP contribution in [0.4, 0.5) is 5.82 Å². The van der Waals surface area contributed by atoms with Crippen molar-refractivity contribution in [2.75, 3.05) is 11.9 Å². The molecule has 1 fully saturated rings. The molecule has 1 aliphatic rings. The van der Waals surface area contributed by atoms with E-state index in [9.17, 15) is 0 Å². The van der Waals surface area contributed by atoms with E-state index in [0.29, 0.717) is 5.15 Å². The van der Waals surface area contributed by atoms with E-state index < -0.39 is 0 Å². The highest BCUT2D eigenvalue weighted by Gasteiger charge is 2.32. The van der Waals surface area contributed by atoms with Crippen LogP contribution < -0.4 is 11.1 Å². The number of halogens is 1. The summed E-state index contributed by atoms with van der Waals surface area (Å²) < 4.78 is 0. The van der Waals surface area contributed by atoms with Gasteiger partial charge < -0.3 is 11.1 Å². The number of rotatable bonds is 3. The summed E-state index contributed by atoms with van der Waals surface area (Å²) in [5, 5.41) is 11.2. The average Bonchev–Trinajstić information content (AvgIpc) is 2.14. The molecule has 0 saturated heterocycles. The molecular formula is C9H13ClN4. The number of nitrogens with zero attached hydrogens (tertiary/aromatic N) is 2. The van der Waals surface area contributed by atoms with E-state index in [1.165, 1.54) is 6.42 Å². The zero-order chi connectivity index (χ0) is 10.0. The van der Waals surface area contributed by atoms with Crippen LogP contribution in [0.2, 0.25) is 5.15 Å². The first-order chi connectivity index (χ1) is 6.68. The second-order valence-corrected chi connectivity index (χ2v) is 4.20. The molecule has 4 nitrogen and oxygen atoms in total. The van der Waals surface area contributed by atoms with Crippen molar-refractivity contribution in [3.05, 3.63) is 17.3 Å². The first-order valence-electron chi connectivity index (χ1n) is 4.70. The van der Waals surface area contributed by atoms with E-state index in [4.69, 9.17) is 17.3 Å². The Hall–Kier alpha value is -0.870. The quantitative estimate of drug-likeness (QED) is 0.796. The van der Waals surface area contributed by atoms with Crippen molar-refractivity contribution >= 4 is 17.4 Å². The third kappa shape index (κ3) is 2.13. The Morgan fingerprint density at radius 1 is 1.43 bits per heavy atom. The molecule has 14 heavy (non-hydrogen) atoms. The summed E-state index contributed by atoms with van der Waals surface area (Å²) in [5.41, 5.74) is 6.00. The molecule has 3 N–H and O–H groups in total. The maximum atomic E-state index is 6.04. The SMILES string of the molecule is NC1(CNc2ccc(Cl)nn2)CCC1. The van der Waals surface area contributed by atoms with Gasteiger partial charge in [-0.25, -0.2) is 0 Å². The van der Waals surface area contributed by atoms with Gasteiger partial charge in [0.05, 0.1) is 0 Å². The summed E-state index contributed by atoms with van der Waals surface area (Å²) in [6.07, 6.45) is 3.40. The summed E-state index contributed by atoms with van der Waals surface area (Å²) in [7, 11) is 0. The van der Waals surface area contributed by atoms with Crippen molar-refractivity contribution < 1.29 is 0 Å². The maximum absolute atomic E-state index is 6.04. The van der Waals surface area contributed by atoms with Gasteiger partial charge >= 0.3 is 0 Å². The molecule has 1 aromatic heterocycles. The van der Waals surface area contributed by atoms with E-state index in [2.05, 4.69) is 15.5 Å². The van der Waals surface area contributed by atoms with Crippen molar-refractivity contribution in [2.24, 2.45) is 5.73 Å². The van der Waals surface area contributed by atoms with E-state index in [0.717, 1.165) is 25.2 Å². The van der Waals surface area contributed by atoms with Gasteiger partial charge in [0.1, 0.15) is 5.82 Å². The Morgan fingerprint density at radius 3 is 2.71 bits per heavy atom. The molecule has 1 aromatic rings. The predicted molar refractivity (Wildman–Crippen MR) is 56.3 cm³/mol. The monoisotopic (exact) mass is 212 g/mol. The van der Waals surface area contributed by atoms with Crippen LogP contribution >= 0.6 is 11.6 Å². The van der Waals surface area contributed by atoms with Crippen LogP contribution in [0.1, 0.15) is 19.3 Å². The van der Waals surface area contributed by atoms with Crippen LogP contribution in [0.3, 0.4) is 0 Å². The number of anilines is 1. The number of aromatic nitrogens is 2. The smallest absolute Gasteiger partial charge is 0.151 e. The lowest BCUT2D eigenvalue weighted by atomic mass is 9.78. The minimum absolute atomic E-state index is 0.0404. The number of nitrogens with one attached hydrogen (secondary N) is 1. The number of hydrogen-bond acceptors (Lipinski definition) is 4. The number of hydrogen-bond donors (Lipinski definition) is 2. The lowest BCUT2D eigenvalue weighted by Gasteiger charge is -2.38. The Bertz CT molecular complexity index is 307. The molecule has 0 spiro atoms. The van der Waals surface area contributed by atoms with Crippen molar-refractivity contribution in [1.29, 1.82) is 0 Å². The van der Waals surface area contributed by atoms with E-state index in [1.807, 2.05) is 0 Å². The highest BCUT2D eigenvalue weighted by molar-refractivity contribution is 6.29. The molecule has 0 unspecified atom stereocenters. The maximum Gasteiger partial charge on any atom is 0.151 e. The van der Waals surface area contributed by atoms with Crippen molar-refractivity contribution in [1.82, 2.24) is 10.2 Å². The highest BCUT2D eigenvalue weighted by Crippen LogP contribution is 2.28. The summed E-state index contributed by atoms with van der Waals surface area (Å²) >= 11 is 5.61. The fraction of sp³-hybridized carbons (Fsp3) is 0.556. The zero-order valence-corrected chi connectivity index (χ0v) is 8.59. The summed E-state index contributed by atoms with van der Waals surface area (Å²) in [5.74, 6) is 0.728. The van der Waals surface area contributed by atoms with Crippen molar-refractivity contribution in [3.8, 4) is 0 Å². The summed E-state index contributed by atoms with van der Waals surface area (Å²) in [6.45, 7) is 0.753. The fourth-order valence-electron chi connectivity index (χ4n) is 1.48. The molecule has 5 heteroatoms. The average molecular weight is 213 g/mol. The third-order valence-electron chi connectivity index (χ3n) is 2.60. The van der Waals surface area contributed by atoms with Crippen LogP contribution in [-0.2, 0) is 0 Å². The van der Waals surface area contributed by atoms with Crippen LogP contribution in [-0.4, -0.2) is 22.3 Å². The number of nitrogens with two attached hydrogens (primary N) is 1. The van der Waals surface area contributed by atoms with Gasteiger partial charge in [0, 0.05) is 12.1 Å². The van der Waals surface area contributed by atoms with Crippen LogP contribution in [0, 0.1) is 0 Å². The molecule has 1 aliphatic carbocycles. The molecule has 0 aliphatic heterocycles. The van der Waals surface area contributed by atoms with E-state index >= 15 is 0 Å². The molecular weight excluding hydrogens is 200 g/mol. The first kappa shape index (κ1) is 9.68. The van der Waals surface area contributed by atoms with E-state index in [-0.39, 0.29) is 5.54 Å². The minimum atomic E-state index is -0.0404. The van der Waals surface area contributed by atoms with Gasteiger partial charge in [-0.2, -0.15) is 0 Å². The zero-order valence-electron chi connectivity index (χ0n) is 7.83. The largest absolute Gasteiger partial charge is 0.367 e. The minimum Gasteiger partial charge on any atom is -0.367 e. The van der Waals surface area contributed by atoms with Gasteiger partial charge in [-0.1, -0.05) is 11.6 Å². The van der Waals surface area contributed by atoms with Crippen molar-refractivity contribution in [3.63, 3.8) is 0 Å². The second-order valence-electron chi connectivity index (χ2n) is 3.81. The lowest BCUT2D eigenvalue weighted by Crippen LogP contribution is -2.52. The van der Waals surface area contributed by atoms with Gasteiger partial charge in [-0.15, -0.1) is 10.2 Å². The van der Waals surface area contributed by atoms with E-state index in [1.54, 1.807) is 12.1 Å². The van der Waals surface area contributed by atoms with Gasteiger partial charge in [-0.05, 0) is 31.4 Å². The predicted octanol–water partition coefficient (Wildman–Crippen LogP) is 1.42. The van der Waals surface area contributed by atoms with Gasteiger partial charge in [-0.3, -0.25) is 0 Å². The van der Waals surface area contributed by atoms with Crippen LogP contribution in [0.25, 0.3) is 0 Å². The van der Waals surface area contributed by atoms with Crippen LogP contribution in [0.5, 0.6) is 0 Å². The molecule has 1 saturated carbocycles. The normalized spacial score (nSPS) is 18.7. The molecule has 76 valence electrons. The molecule has 0 aromatic carbocycles. The molecule has 2 rings (SSSR count). The van der Waals surface area contributed by atoms with Crippen LogP contribution in [0.15, 0.2) is 12.1 Å². The van der Waals surface area contributed by atoms with Gasteiger partial charge in [0.15, 0.2) is 5.15 Å². The first-order valence-corrected chi connectivity index (χ1v) is 5.08. The molecule has 0 amide bonds. The second kappa shape index (κ2) is 3.71. The molecule has 0 bridgehead atoms. The fourth-order valence-corrected chi connectivity index (χ4v) is 1.59. The van der Waals surface area contributed by atoms with Gasteiger partial charge in [0.2, 0.25) is 0 Å². The topological polar surface area (TPSA) is 63.8 Å². The Balaban J connectivity index is 1.88. The Labute approximate surface area is 87.9 Å². The highest BCUT2D eigenvalue weighted by atomic mass is 35.5. The molecule has 0 radical (unpaired) electrons. The molecule has 1 heterocycles.